The van der Waals surface area contributed by atoms with Gasteiger partial charge in [-0.1, -0.05) is 11.3 Å². The molecule has 5 rings (SSSR count). The molecule has 1 atom stereocenters. The van der Waals surface area contributed by atoms with Gasteiger partial charge in [-0.25, -0.2) is 4.68 Å². The molecule has 0 saturated heterocycles. The number of rotatable bonds is 5. The number of nitrogens with zero attached hydrogens (tertiary/aromatic N) is 4. The number of anilines is 1. The van der Waals surface area contributed by atoms with Gasteiger partial charge in [0, 0.05) is 18.2 Å². The minimum absolute atomic E-state index is 0.148. The van der Waals surface area contributed by atoms with Gasteiger partial charge >= 0.3 is 0 Å². The van der Waals surface area contributed by atoms with Crippen molar-refractivity contribution < 1.29 is 19.2 Å². The molecule has 3 aliphatic rings. The highest BCUT2D eigenvalue weighted by atomic mass is 16.2. The second-order valence-electron chi connectivity index (χ2n) is 8.83. The highest BCUT2D eigenvalue weighted by molar-refractivity contribution is 6.25. The van der Waals surface area contributed by atoms with Gasteiger partial charge in [0.2, 0.25) is 0 Å². The number of nitrogens with one attached hydrogen (secondary N) is 1. The minimum Gasteiger partial charge on any atom is -0.373 e. The van der Waals surface area contributed by atoms with E-state index in [4.69, 9.17) is 0 Å². The molecule has 1 unspecified atom stereocenters. The summed E-state index contributed by atoms with van der Waals surface area (Å²) < 4.78 is 1.79. The third-order valence-corrected chi connectivity index (χ3v) is 6.35. The van der Waals surface area contributed by atoms with E-state index in [0.29, 0.717) is 5.69 Å². The maximum Gasteiger partial charge on any atom is 0.264 e. The van der Waals surface area contributed by atoms with Gasteiger partial charge in [-0.15, -0.1) is 5.10 Å². The lowest BCUT2D eigenvalue weighted by Gasteiger charge is -2.27. The maximum absolute atomic E-state index is 13.3. The first-order valence-corrected chi connectivity index (χ1v) is 10.6. The molecular weight excluding hydrogens is 398 g/mol. The Morgan fingerprint density at radius 3 is 2.55 bits per heavy atom. The Balaban J connectivity index is 1.46. The van der Waals surface area contributed by atoms with Gasteiger partial charge in [-0.2, -0.15) is 0 Å². The van der Waals surface area contributed by atoms with Crippen LogP contribution in [0.5, 0.6) is 0 Å². The standard InChI is InChI=1S/C22H23N5O4/c1-12(2)26-11-18(24-25-26)22(8-9-22)23-15-5-3-4-14-19(15)21(31)27(20(14)30)16-7-6-13(28)10-17(16)29/h3-5,11-12,16,23H,6-10H2,1-2H3. The number of benzene rings is 1. The number of fused-ring (bicyclic) bond motifs is 1. The predicted octanol–water partition coefficient (Wildman–Crippen LogP) is 2.25. The third kappa shape index (κ3) is 3.07. The van der Waals surface area contributed by atoms with Crippen LogP contribution in [0.25, 0.3) is 0 Å². The van der Waals surface area contributed by atoms with E-state index in [9.17, 15) is 19.2 Å². The smallest absolute Gasteiger partial charge is 0.264 e. The van der Waals surface area contributed by atoms with Crippen molar-refractivity contribution in [2.75, 3.05) is 5.32 Å². The molecule has 1 N–H and O–H groups in total. The number of ketones is 2. The number of amides is 2. The van der Waals surface area contributed by atoms with Crippen molar-refractivity contribution in [2.45, 2.75) is 63.6 Å². The van der Waals surface area contributed by atoms with Crippen LogP contribution in [0.3, 0.4) is 0 Å². The van der Waals surface area contributed by atoms with Crippen molar-refractivity contribution in [3.8, 4) is 0 Å². The van der Waals surface area contributed by atoms with Gasteiger partial charge in [0.15, 0.2) is 5.78 Å². The molecule has 2 heterocycles. The number of Topliss-reactive ketones (excluding diaryl/α,β-unsaturated/α-hetero) is 2. The van der Waals surface area contributed by atoms with Crippen molar-refractivity contribution >= 4 is 29.1 Å². The number of aromatic nitrogens is 3. The van der Waals surface area contributed by atoms with Gasteiger partial charge in [-0.3, -0.25) is 24.1 Å². The van der Waals surface area contributed by atoms with Crippen molar-refractivity contribution in [2.24, 2.45) is 0 Å². The Bertz CT molecular complexity index is 1130. The summed E-state index contributed by atoms with van der Waals surface area (Å²) in [6.45, 7) is 4.04. The fourth-order valence-corrected chi connectivity index (χ4v) is 4.40. The number of hydrogen-bond acceptors (Lipinski definition) is 7. The molecule has 160 valence electrons. The number of imide groups is 1. The van der Waals surface area contributed by atoms with Crippen molar-refractivity contribution in [3.63, 3.8) is 0 Å². The van der Waals surface area contributed by atoms with E-state index in [1.807, 2.05) is 20.0 Å². The van der Waals surface area contributed by atoms with Crippen LogP contribution in [-0.2, 0) is 15.1 Å². The zero-order valence-electron chi connectivity index (χ0n) is 17.4. The topological polar surface area (TPSA) is 114 Å². The summed E-state index contributed by atoms with van der Waals surface area (Å²) in [6.07, 6.45) is 3.74. The zero-order valence-corrected chi connectivity index (χ0v) is 17.4. The van der Waals surface area contributed by atoms with Crippen molar-refractivity contribution in [1.82, 2.24) is 19.9 Å². The summed E-state index contributed by atoms with van der Waals surface area (Å²) in [6, 6.07) is 4.41. The first kappa shape index (κ1) is 19.6. The number of hydrogen-bond donors (Lipinski definition) is 1. The molecular formula is C22H23N5O4. The molecule has 0 spiro atoms. The molecule has 2 aromatic rings. The third-order valence-electron chi connectivity index (χ3n) is 6.35. The lowest BCUT2D eigenvalue weighted by Crippen LogP contribution is -2.47. The molecule has 2 saturated carbocycles. The van der Waals surface area contributed by atoms with Gasteiger partial charge in [0.25, 0.3) is 11.8 Å². The molecule has 1 aliphatic heterocycles. The van der Waals surface area contributed by atoms with Crippen molar-refractivity contribution in [1.29, 1.82) is 0 Å². The van der Waals surface area contributed by atoms with Crippen LogP contribution in [0.1, 0.15) is 78.4 Å². The number of carbonyl (C=O) groups is 4. The summed E-state index contributed by atoms with van der Waals surface area (Å²) in [4.78, 5) is 51.3. The molecule has 1 aromatic heterocycles. The van der Waals surface area contributed by atoms with E-state index in [2.05, 4.69) is 15.6 Å². The Labute approximate surface area is 178 Å². The van der Waals surface area contributed by atoms with Crippen LogP contribution in [0.2, 0.25) is 0 Å². The average molecular weight is 421 g/mol. The fourth-order valence-electron chi connectivity index (χ4n) is 4.40. The van der Waals surface area contributed by atoms with Crippen LogP contribution >= 0.6 is 0 Å². The van der Waals surface area contributed by atoms with Gasteiger partial charge in [0.1, 0.15) is 11.5 Å². The van der Waals surface area contributed by atoms with Gasteiger partial charge < -0.3 is 5.32 Å². The van der Waals surface area contributed by atoms with Crippen LogP contribution in [0.15, 0.2) is 24.4 Å². The molecule has 2 amide bonds. The van der Waals surface area contributed by atoms with E-state index in [1.54, 1.807) is 22.9 Å². The SMILES string of the molecule is CC(C)n1cc(C2(Nc3cccc4c3C(=O)N(C3CCC(=O)CC3=O)C4=O)CC2)nn1. The van der Waals surface area contributed by atoms with Crippen LogP contribution in [0.4, 0.5) is 5.69 Å². The highest BCUT2D eigenvalue weighted by Gasteiger charge is 2.50. The Morgan fingerprint density at radius 2 is 1.90 bits per heavy atom. The summed E-state index contributed by atoms with van der Waals surface area (Å²) in [7, 11) is 0. The Kier molecular flexibility index (Phi) is 4.32. The van der Waals surface area contributed by atoms with Crippen LogP contribution < -0.4 is 5.32 Å². The molecule has 0 bridgehead atoms. The Morgan fingerprint density at radius 1 is 1.13 bits per heavy atom. The monoisotopic (exact) mass is 421 g/mol. The second kappa shape index (κ2) is 6.83. The van der Waals surface area contributed by atoms with Gasteiger partial charge in [0.05, 0.1) is 35.3 Å². The maximum atomic E-state index is 13.3. The predicted molar refractivity (Wildman–Crippen MR) is 110 cm³/mol. The van der Waals surface area contributed by atoms with Crippen LogP contribution in [-0.4, -0.2) is 49.3 Å². The summed E-state index contributed by atoms with van der Waals surface area (Å²) in [5.41, 5.74) is 1.48. The molecule has 1 aromatic carbocycles. The van der Waals surface area contributed by atoms with Crippen LogP contribution in [0, 0.1) is 0 Å². The van der Waals surface area contributed by atoms with Gasteiger partial charge in [-0.05, 0) is 45.2 Å². The number of carbonyl (C=O) groups excluding carboxylic acids is 4. The Hall–Kier alpha value is -3.36. The molecule has 9 nitrogen and oxygen atoms in total. The minimum atomic E-state index is -0.876. The first-order valence-electron chi connectivity index (χ1n) is 10.6. The first-order chi connectivity index (χ1) is 14.8. The van der Waals surface area contributed by atoms with E-state index in [1.165, 1.54) is 0 Å². The summed E-state index contributed by atoms with van der Waals surface area (Å²) in [5, 5.41) is 11.9. The normalized spacial score (nSPS) is 22.3. The molecule has 0 radical (unpaired) electrons. The van der Waals surface area contributed by atoms with Crippen molar-refractivity contribution in [3.05, 3.63) is 41.2 Å². The van der Waals surface area contributed by atoms with E-state index in [0.717, 1.165) is 23.4 Å². The zero-order chi connectivity index (χ0) is 21.9. The fraction of sp³-hybridized carbons (Fsp3) is 0.455. The second-order valence-corrected chi connectivity index (χ2v) is 8.83. The molecule has 2 fully saturated rings. The average Bonchev–Trinajstić information content (AvgIpc) is 3.23. The summed E-state index contributed by atoms with van der Waals surface area (Å²) >= 11 is 0. The van der Waals surface area contributed by atoms with E-state index in [-0.39, 0.29) is 48.0 Å². The molecule has 9 heteroatoms. The lowest BCUT2D eigenvalue weighted by atomic mass is 9.92. The largest absolute Gasteiger partial charge is 0.373 e. The van der Waals surface area contributed by atoms with E-state index >= 15 is 0 Å². The summed E-state index contributed by atoms with van der Waals surface area (Å²) in [5.74, 6) is -1.49. The molecule has 31 heavy (non-hydrogen) atoms. The lowest BCUT2D eigenvalue weighted by molar-refractivity contribution is -0.132. The highest BCUT2D eigenvalue weighted by Crippen LogP contribution is 2.48. The quantitative estimate of drug-likeness (QED) is 0.582. The molecule has 2 aliphatic carbocycles. The van der Waals surface area contributed by atoms with E-state index < -0.39 is 23.4 Å².